The SMILES string of the molecule is CC[C@H](C)[C@H](NC(=O)[C@H](C)NC(=O)[C@H](C)NC(=O)[C@]1(C)CCC/C=C/CCCCCC[C@@](C)(NC(=O)[C@H](Cc2ccccc2)NC(=O)[C@@H](NC(=O)[C@H](CC(C)C)NC(C)=O)[C@@H](C)O)C(=O)NC(C)C(=O)N[C@@H](Cc2ccc(O)cc2)C(=O)N[C@@H](Cc2c[nH]c3ccccc23)C(=O)N[C@@H](C)C(=O)N[C@@H](CCC(N)=O)C(=O)C[C@@H](CC(C)C)C(=O)N1)C(=O)N[C@H](C)C(N)=O. The number of nitrogens with two attached hydrogens (primary N) is 2. The van der Waals surface area contributed by atoms with Crippen molar-refractivity contribution in [1.82, 2.24) is 79.4 Å². The number of aromatic hydroxyl groups is 1. The molecule has 1 aromatic heterocycles. The summed E-state index contributed by atoms with van der Waals surface area (Å²) in [4.78, 5) is 244. The third-order valence-electron chi connectivity index (χ3n) is 22.5. The Morgan fingerprint density at radius 3 is 1.71 bits per heavy atom. The average molecular weight is 1770 g/mol. The molecule has 0 saturated heterocycles. The number of phenols is 1. The molecule has 1 unspecified atom stereocenters. The lowest BCUT2D eigenvalue weighted by molar-refractivity contribution is -0.139. The first-order valence-corrected chi connectivity index (χ1v) is 43.8. The van der Waals surface area contributed by atoms with Crippen LogP contribution in [0.25, 0.3) is 10.9 Å². The van der Waals surface area contributed by atoms with Gasteiger partial charge in [0.25, 0.3) is 0 Å². The van der Waals surface area contributed by atoms with Gasteiger partial charge in [-0.05, 0) is 166 Å². The highest BCUT2D eigenvalue weighted by Crippen LogP contribution is 2.26. The van der Waals surface area contributed by atoms with Gasteiger partial charge in [-0.25, -0.2) is 0 Å². The number of hydrogen-bond acceptors (Lipinski definition) is 19. The number of nitrogens with one attached hydrogen (secondary N) is 15. The maximum atomic E-state index is 15.3. The van der Waals surface area contributed by atoms with Gasteiger partial charge in [-0.15, -0.1) is 0 Å². The van der Waals surface area contributed by atoms with Gasteiger partial charge in [0, 0.05) is 62.0 Å². The molecular formula is C91H135N17O19. The van der Waals surface area contributed by atoms with E-state index in [2.05, 4.69) is 79.4 Å². The summed E-state index contributed by atoms with van der Waals surface area (Å²) in [6.07, 6.45) is 5.40. The van der Waals surface area contributed by atoms with E-state index in [1.165, 1.54) is 86.6 Å². The van der Waals surface area contributed by atoms with E-state index in [9.17, 15) is 67.7 Å². The molecule has 0 fully saturated rings. The highest BCUT2D eigenvalue weighted by atomic mass is 16.3. The van der Waals surface area contributed by atoms with E-state index < -0.39 is 215 Å². The fraction of sp³-hybridized carbons (Fsp3) is 0.571. The molecule has 1 aliphatic heterocycles. The van der Waals surface area contributed by atoms with Gasteiger partial charge in [0.15, 0.2) is 5.78 Å². The summed E-state index contributed by atoms with van der Waals surface area (Å²) in [5, 5.41) is 59.4. The minimum Gasteiger partial charge on any atom is -0.508 e. The second kappa shape index (κ2) is 50.9. The Labute approximate surface area is 742 Å². The van der Waals surface area contributed by atoms with Crippen LogP contribution in [0.2, 0.25) is 0 Å². The van der Waals surface area contributed by atoms with Crippen molar-refractivity contribution < 1.29 is 91.7 Å². The van der Waals surface area contributed by atoms with Gasteiger partial charge in [0.05, 0.1) is 12.1 Å². The Morgan fingerprint density at radius 2 is 1.09 bits per heavy atom. The predicted octanol–water partition coefficient (Wildman–Crippen LogP) is 2.51. The molecule has 36 nitrogen and oxygen atoms in total. The summed E-state index contributed by atoms with van der Waals surface area (Å²) < 4.78 is 0. The van der Waals surface area contributed by atoms with Crippen LogP contribution in [0.5, 0.6) is 5.75 Å². The normalized spacial score (nSPS) is 22.7. The first-order chi connectivity index (χ1) is 59.7. The van der Waals surface area contributed by atoms with Crippen LogP contribution in [-0.2, 0) is 101 Å². The molecule has 0 spiro atoms. The van der Waals surface area contributed by atoms with Crippen molar-refractivity contribution in [3.05, 3.63) is 114 Å². The van der Waals surface area contributed by atoms with Gasteiger partial charge in [0.1, 0.15) is 83.3 Å². The first kappa shape index (κ1) is 105. The van der Waals surface area contributed by atoms with Crippen LogP contribution in [0, 0.1) is 23.7 Å². The van der Waals surface area contributed by atoms with E-state index >= 15 is 24.0 Å². The smallest absolute Gasteiger partial charge is 0.246 e. The van der Waals surface area contributed by atoms with Crippen LogP contribution >= 0.6 is 0 Å². The minimum absolute atomic E-state index is 0.0493. The number of aromatic amines is 1. The molecule has 16 amide bonds. The Kier molecular flexibility index (Phi) is 42.2. The van der Waals surface area contributed by atoms with E-state index in [-0.39, 0.29) is 81.8 Å². The second-order valence-corrected chi connectivity index (χ2v) is 34.8. The number of carbonyl (C=O) groups is 17. The summed E-state index contributed by atoms with van der Waals surface area (Å²) >= 11 is 0. The largest absolute Gasteiger partial charge is 0.508 e. The van der Waals surface area contributed by atoms with Crippen LogP contribution in [0.3, 0.4) is 0 Å². The Bertz CT molecular complexity index is 4500. The summed E-state index contributed by atoms with van der Waals surface area (Å²) in [6.45, 7) is 22.8. The van der Waals surface area contributed by atoms with Crippen LogP contribution < -0.4 is 85.9 Å². The Hall–Kier alpha value is -12.1. The van der Waals surface area contributed by atoms with Gasteiger partial charge < -0.3 is 101 Å². The molecule has 0 bridgehead atoms. The topological polar surface area (TPSA) is 567 Å². The number of rotatable bonds is 32. The number of aliphatic hydroxyl groups is 1. The third-order valence-corrected chi connectivity index (χ3v) is 22.5. The number of para-hydroxylation sites is 1. The van der Waals surface area contributed by atoms with Crippen molar-refractivity contribution in [3.63, 3.8) is 0 Å². The number of fused-ring (bicyclic) bond motifs is 1. The molecule has 698 valence electrons. The Morgan fingerprint density at radius 1 is 0.535 bits per heavy atom. The maximum absolute atomic E-state index is 15.3. The number of carbonyl (C=O) groups excluding carboxylic acids is 17. The lowest BCUT2D eigenvalue weighted by Crippen LogP contribution is -2.64. The standard InChI is InChI=1S/C91H135N17O19/c1-16-52(6)74(86(124)95-53(7)76(93)114)105-80(118)55(9)96-77(115)56(10)98-88(126)90(14)41-29-22-20-18-17-19-21-23-30-42-91(15,108-85(123)70(45-60-31-25-24-26-32-60)104-87(125)75(58(12)109)106-84(122)68(44-51(4)5)100-59(13)110)89(127)99-57(11)79(117)102-69(46-61-35-37-64(111)38-36-61)83(121)103-71(47-63-49-94-66-34-28-27-33-65(63)66)82(120)97-54(8)78(116)101-67(39-40-73(92)113)72(112)48-62(43-50(2)3)81(119)107-90/h18,20,24-28,31-38,49-58,62,67-71,74-75,94,109,111H,16-17,19,21-23,29-30,39-48H2,1-15H3,(H2,92,113)(H2,93,114)(H,95,124)(H,96,115)(H,97,120)(H,98,126)(H,99,127)(H,100,110)(H,101,116)(H,102,117)(H,103,121)(H,104,125)(H,105,118)(H,106,122)(H,107,119)(H,108,123)/b20-18+/t52-,53+,54-,55-,56-,57?,58+,62+,67-,68-,69-,70-,71-,74-,75-,90-,91+/m0/s1. The molecule has 127 heavy (non-hydrogen) atoms. The van der Waals surface area contributed by atoms with Crippen molar-refractivity contribution in [2.24, 2.45) is 35.1 Å². The molecule has 2 heterocycles. The number of benzene rings is 3. The van der Waals surface area contributed by atoms with Crippen LogP contribution in [0.4, 0.5) is 0 Å². The average Bonchev–Trinajstić information content (AvgIpc) is 1.75. The zero-order valence-corrected chi connectivity index (χ0v) is 75.8. The van der Waals surface area contributed by atoms with Gasteiger partial charge in [-0.2, -0.15) is 0 Å². The maximum Gasteiger partial charge on any atom is 0.246 e. The number of hydrogen-bond donors (Lipinski definition) is 19. The van der Waals surface area contributed by atoms with E-state index in [1.54, 1.807) is 88.5 Å². The fourth-order valence-electron chi connectivity index (χ4n) is 14.5. The van der Waals surface area contributed by atoms with Crippen molar-refractivity contribution in [3.8, 4) is 5.75 Å². The molecule has 21 N–H and O–H groups in total. The van der Waals surface area contributed by atoms with Crippen molar-refractivity contribution in [1.29, 1.82) is 0 Å². The fourth-order valence-corrected chi connectivity index (χ4v) is 14.5. The molecule has 5 rings (SSSR count). The quantitative estimate of drug-likeness (QED) is 0.0312. The molecule has 3 aromatic carbocycles. The van der Waals surface area contributed by atoms with Gasteiger partial charge >= 0.3 is 0 Å². The second-order valence-electron chi connectivity index (χ2n) is 34.8. The third kappa shape index (κ3) is 34.6. The molecule has 0 radical (unpaired) electrons. The number of aliphatic hydroxyl groups excluding tert-OH is 1. The summed E-state index contributed by atoms with van der Waals surface area (Å²) in [7, 11) is 0. The van der Waals surface area contributed by atoms with Crippen molar-refractivity contribution >= 4 is 111 Å². The molecule has 4 aromatic rings. The highest BCUT2D eigenvalue weighted by molar-refractivity contribution is 6.02. The van der Waals surface area contributed by atoms with Crippen LogP contribution in [-0.4, -0.2) is 205 Å². The van der Waals surface area contributed by atoms with E-state index in [0.29, 0.717) is 66.1 Å². The minimum atomic E-state index is -1.90. The first-order valence-electron chi connectivity index (χ1n) is 43.8. The molecule has 1 aliphatic rings. The van der Waals surface area contributed by atoms with Gasteiger partial charge in [-0.1, -0.05) is 140 Å². The van der Waals surface area contributed by atoms with Crippen molar-refractivity contribution in [2.45, 2.75) is 309 Å². The van der Waals surface area contributed by atoms with Crippen LogP contribution in [0.15, 0.2) is 97.2 Å². The van der Waals surface area contributed by atoms with E-state index in [4.69, 9.17) is 11.5 Å². The van der Waals surface area contributed by atoms with Gasteiger partial charge in [-0.3, -0.25) is 81.5 Å². The Balaban J connectivity index is 1.58. The number of ketones is 1. The van der Waals surface area contributed by atoms with E-state index in [0.717, 1.165) is 0 Å². The number of phenolic OH excluding ortho intramolecular Hbond substituents is 1. The zero-order valence-electron chi connectivity index (χ0n) is 75.8. The summed E-state index contributed by atoms with van der Waals surface area (Å²) in [5.41, 5.74) is 9.41. The van der Waals surface area contributed by atoms with E-state index in [1.807, 2.05) is 26.0 Å². The molecule has 0 saturated carbocycles. The summed E-state index contributed by atoms with van der Waals surface area (Å²) in [5.74, 6) is -16.3. The summed E-state index contributed by atoms with van der Waals surface area (Å²) in [6, 6.07) is 4.52. The monoisotopic (exact) mass is 1770 g/mol. The number of aromatic nitrogens is 1. The number of Topliss-reactive ketones (excluding diaryl/α,β-unsaturated/α-hetero) is 1. The molecule has 17 atom stereocenters. The highest BCUT2D eigenvalue weighted by Gasteiger charge is 2.43. The molecular weight excluding hydrogens is 1640 g/mol. The number of H-pyrrole nitrogens is 1. The molecule has 36 heteroatoms. The van der Waals surface area contributed by atoms with Crippen molar-refractivity contribution in [2.75, 3.05) is 0 Å². The number of primary amides is 2. The van der Waals surface area contributed by atoms with Crippen LogP contribution in [0.1, 0.15) is 217 Å². The number of allylic oxidation sites excluding steroid dienone is 2. The van der Waals surface area contributed by atoms with Gasteiger partial charge in [0.2, 0.25) is 94.5 Å². The number of amides is 16. The lowest BCUT2D eigenvalue weighted by atomic mass is 9.86. The zero-order chi connectivity index (χ0) is 94.7. The molecule has 0 aliphatic carbocycles. The lowest BCUT2D eigenvalue weighted by Gasteiger charge is -2.33. The predicted molar refractivity (Wildman–Crippen MR) is 476 cm³/mol.